The van der Waals surface area contributed by atoms with Crippen LogP contribution in [0.2, 0.25) is 4.34 Å². The molecule has 1 N–H and O–H groups in total. The Balaban J connectivity index is 2.07. The van der Waals surface area contributed by atoms with Crippen LogP contribution in [-0.4, -0.2) is 6.54 Å². The molecule has 2 rings (SSSR count). The van der Waals surface area contributed by atoms with Crippen LogP contribution in [-0.2, 0) is 0 Å². The lowest BCUT2D eigenvalue weighted by molar-refractivity contribution is 0.364. The van der Waals surface area contributed by atoms with Crippen molar-refractivity contribution >= 4 is 22.9 Å². The van der Waals surface area contributed by atoms with Gasteiger partial charge in [-0.15, -0.1) is 11.3 Å². The molecule has 1 heterocycles. The fourth-order valence-corrected chi connectivity index (χ4v) is 4.08. The molecule has 1 aliphatic rings. The first-order valence-electron chi connectivity index (χ1n) is 6.69. The Bertz CT molecular complexity index is 350. The number of rotatable bonds is 5. The Kier molecular flexibility index (Phi) is 4.89. The van der Waals surface area contributed by atoms with E-state index in [-0.39, 0.29) is 0 Å². The number of thiophene rings is 1. The van der Waals surface area contributed by atoms with Gasteiger partial charge in [-0.25, -0.2) is 0 Å². The Morgan fingerprint density at radius 3 is 2.82 bits per heavy atom. The zero-order valence-electron chi connectivity index (χ0n) is 10.7. The fraction of sp³-hybridized carbons (Fsp3) is 0.714. The predicted molar refractivity (Wildman–Crippen MR) is 76.9 cm³/mol. The lowest BCUT2D eigenvalue weighted by atomic mass is 9.95. The van der Waals surface area contributed by atoms with Gasteiger partial charge in [-0.1, -0.05) is 31.9 Å². The van der Waals surface area contributed by atoms with Gasteiger partial charge in [-0.2, -0.15) is 0 Å². The molecule has 3 heteroatoms. The minimum absolute atomic E-state index is 0.525. The highest BCUT2D eigenvalue weighted by Crippen LogP contribution is 2.41. The minimum atomic E-state index is 0.525. The second kappa shape index (κ2) is 6.21. The van der Waals surface area contributed by atoms with Crippen LogP contribution in [0.5, 0.6) is 0 Å². The second-order valence-electron chi connectivity index (χ2n) is 5.25. The summed E-state index contributed by atoms with van der Waals surface area (Å²) in [6.45, 7) is 5.70. The summed E-state index contributed by atoms with van der Waals surface area (Å²) in [4.78, 5) is 1.42. The van der Waals surface area contributed by atoms with Gasteiger partial charge in [0.15, 0.2) is 0 Å². The van der Waals surface area contributed by atoms with E-state index in [2.05, 4.69) is 25.2 Å². The summed E-state index contributed by atoms with van der Waals surface area (Å²) in [6.07, 6.45) is 5.29. The maximum atomic E-state index is 6.06. The maximum absolute atomic E-state index is 6.06. The molecule has 0 spiro atoms. The third-order valence-corrected chi connectivity index (χ3v) is 5.04. The zero-order chi connectivity index (χ0) is 12.3. The highest BCUT2D eigenvalue weighted by atomic mass is 35.5. The molecule has 3 unspecified atom stereocenters. The molecule has 1 nitrogen and oxygen atoms in total. The first-order chi connectivity index (χ1) is 8.20. The molecule has 1 aromatic rings. The summed E-state index contributed by atoms with van der Waals surface area (Å²) < 4.78 is 0.911. The van der Waals surface area contributed by atoms with Gasteiger partial charge in [0.25, 0.3) is 0 Å². The average molecular weight is 272 g/mol. The molecule has 0 bridgehead atoms. The molecular weight excluding hydrogens is 250 g/mol. The molecule has 17 heavy (non-hydrogen) atoms. The van der Waals surface area contributed by atoms with Crippen LogP contribution in [0.25, 0.3) is 0 Å². The van der Waals surface area contributed by atoms with E-state index in [0.29, 0.717) is 6.04 Å². The van der Waals surface area contributed by atoms with E-state index in [1.54, 1.807) is 11.3 Å². The molecule has 3 atom stereocenters. The van der Waals surface area contributed by atoms with Gasteiger partial charge in [-0.3, -0.25) is 0 Å². The molecule has 0 radical (unpaired) electrons. The molecule has 0 aliphatic heterocycles. The van der Waals surface area contributed by atoms with Crippen molar-refractivity contribution in [3.63, 3.8) is 0 Å². The lowest BCUT2D eigenvalue weighted by Crippen LogP contribution is -2.27. The van der Waals surface area contributed by atoms with Gasteiger partial charge in [-0.05, 0) is 49.8 Å². The summed E-state index contributed by atoms with van der Waals surface area (Å²) >= 11 is 7.80. The molecule has 0 amide bonds. The van der Waals surface area contributed by atoms with Gasteiger partial charge < -0.3 is 5.32 Å². The molecule has 0 saturated heterocycles. The van der Waals surface area contributed by atoms with E-state index in [9.17, 15) is 0 Å². The number of hydrogen-bond donors (Lipinski definition) is 1. The summed E-state index contributed by atoms with van der Waals surface area (Å²) in [5.74, 6) is 1.69. The second-order valence-corrected chi connectivity index (χ2v) is 7.00. The van der Waals surface area contributed by atoms with Crippen molar-refractivity contribution in [3.8, 4) is 0 Å². The van der Waals surface area contributed by atoms with Gasteiger partial charge in [0.2, 0.25) is 0 Å². The normalized spacial score (nSPS) is 26.3. The van der Waals surface area contributed by atoms with Gasteiger partial charge >= 0.3 is 0 Å². The Labute approximate surface area is 114 Å². The van der Waals surface area contributed by atoms with E-state index in [4.69, 9.17) is 11.6 Å². The smallest absolute Gasteiger partial charge is 0.0931 e. The van der Waals surface area contributed by atoms with Crippen molar-refractivity contribution in [2.24, 2.45) is 11.8 Å². The molecule has 1 saturated carbocycles. The molecule has 0 aromatic carbocycles. The summed E-state index contributed by atoms with van der Waals surface area (Å²) in [6, 6.07) is 4.75. The van der Waals surface area contributed by atoms with Crippen molar-refractivity contribution in [2.45, 2.75) is 45.6 Å². The van der Waals surface area contributed by atoms with E-state index < -0.39 is 0 Å². The van der Waals surface area contributed by atoms with E-state index >= 15 is 0 Å². The third-order valence-electron chi connectivity index (χ3n) is 3.72. The van der Waals surface area contributed by atoms with Crippen LogP contribution in [0.15, 0.2) is 12.1 Å². The Morgan fingerprint density at radius 2 is 2.29 bits per heavy atom. The third kappa shape index (κ3) is 3.46. The molecule has 96 valence electrons. The van der Waals surface area contributed by atoms with E-state index in [1.807, 2.05) is 6.07 Å². The van der Waals surface area contributed by atoms with Crippen molar-refractivity contribution in [3.05, 3.63) is 21.3 Å². The van der Waals surface area contributed by atoms with Crippen LogP contribution < -0.4 is 5.32 Å². The highest BCUT2D eigenvalue weighted by Gasteiger charge is 2.30. The maximum Gasteiger partial charge on any atom is 0.0931 e. The van der Waals surface area contributed by atoms with Crippen molar-refractivity contribution in [1.29, 1.82) is 0 Å². The lowest BCUT2D eigenvalue weighted by Gasteiger charge is -2.24. The average Bonchev–Trinajstić information content (AvgIpc) is 2.89. The SMILES string of the molecule is CCCNC(c1ccc(Cl)s1)C1CCC(C)C1. The molecular formula is C14H22ClNS. The van der Waals surface area contributed by atoms with Crippen LogP contribution in [0.3, 0.4) is 0 Å². The summed E-state index contributed by atoms with van der Waals surface area (Å²) in [7, 11) is 0. The van der Waals surface area contributed by atoms with Gasteiger partial charge in [0.05, 0.1) is 4.34 Å². The topological polar surface area (TPSA) is 12.0 Å². The standard InChI is InChI=1S/C14H22ClNS/c1-3-8-16-14(11-5-4-10(2)9-11)12-6-7-13(15)17-12/h6-7,10-11,14,16H,3-5,8-9H2,1-2H3. The van der Waals surface area contributed by atoms with Crippen molar-refractivity contribution in [2.75, 3.05) is 6.54 Å². The van der Waals surface area contributed by atoms with Crippen LogP contribution >= 0.6 is 22.9 Å². The highest BCUT2D eigenvalue weighted by molar-refractivity contribution is 7.16. The monoisotopic (exact) mass is 271 g/mol. The molecule has 1 aliphatic carbocycles. The molecule has 1 aromatic heterocycles. The van der Waals surface area contributed by atoms with Crippen LogP contribution in [0, 0.1) is 11.8 Å². The van der Waals surface area contributed by atoms with Crippen LogP contribution in [0.4, 0.5) is 0 Å². The summed E-state index contributed by atoms with van der Waals surface area (Å²) in [5.41, 5.74) is 0. The number of nitrogens with one attached hydrogen (secondary N) is 1. The van der Waals surface area contributed by atoms with Crippen molar-refractivity contribution in [1.82, 2.24) is 5.32 Å². The van der Waals surface area contributed by atoms with Crippen LogP contribution in [0.1, 0.15) is 50.4 Å². The zero-order valence-corrected chi connectivity index (χ0v) is 12.3. The first kappa shape index (κ1) is 13.4. The van der Waals surface area contributed by atoms with E-state index in [0.717, 1.165) is 22.7 Å². The largest absolute Gasteiger partial charge is 0.309 e. The Morgan fingerprint density at radius 1 is 1.47 bits per heavy atom. The van der Waals surface area contributed by atoms with E-state index in [1.165, 1.54) is 30.6 Å². The minimum Gasteiger partial charge on any atom is -0.309 e. The van der Waals surface area contributed by atoms with Gasteiger partial charge in [0, 0.05) is 10.9 Å². The quantitative estimate of drug-likeness (QED) is 0.805. The first-order valence-corrected chi connectivity index (χ1v) is 7.88. The predicted octanol–water partition coefficient (Wildman–Crippen LogP) is 4.88. The number of halogens is 1. The van der Waals surface area contributed by atoms with Gasteiger partial charge in [0.1, 0.15) is 0 Å². The molecule has 1 fully saturated rings. The van der Waals surface area contributed by atoms with Crippen molar-refractivity contribution < 1.29 is 0 Å². The number of hydrogen-bond acceptors (Lipinski definition) is 2. The fourth-order valence-electron chi connectivity index (χ4n) is 2.85. The summed E-state index contributed by atoms with van der Waals surface area (Å²) in [5, 5.41) is 3.71. The Hall–Kier alpha value is -0.0500.